The minimum Gasteiger partial charge on any atom is -0.309 e. The Balaban J connectivity index is 2.18. The molecule has 0 aliphatic rings. The van der Waals surface area contributed by atoms with Crippen molar-refractivity contribution < 1.29 is 4.39 Å². The monoisotopic (exact) mass is 300 g/mol. The van der Waals surface area contributed by atoms with E-state index < -0.39 is 0 Å². The van der Waals surface area contributed by atoms with E-state index in [1.807, 2.05) is 37.4 Å². The van der Waals surface area contributed by atoms with Crippen LogP contribution in [-0.4, -0.2) is 12.0 Å². The quantitative estimate of drug-likeness (QED) is 0.778. The highest BCUT2D eigenvalue weighted by Crippen LogP contribution is 2.30. The lowest BCUT2D eigenvalue weighted by atomic mass is 9.95. The van der Waals surface area contributed by atoms with E-state index in [9.17, 15) is 4.39 Å². The molecule has 0 saturated carbocycles. The molecule has 0 saturated heterocycles. The smallest absolute Gasteiger partial charge is 0.129 e. The summed E-state index contributed by atoms with van der Waals surface area (Å²) in [5.41, 5.74) is 2.45. The summed E-state index contributed by atoms with van der Waals surface area (Å²) in [5.74, 6) is -0.317. The fourth-order valence-corrected chi connectivity index (χ4v) is 2.75. The Kier molecular flexibility index (Phi) is 3.86. The van der Waals surface area contributed by atoms with Crippen LogP contribution in [-0.2, 0) is 0 Å². The molecule has 0 fully saturated rings. The molecular formula is C17H14ClFN2. The van der Waals surface area contributed by atoms with Gasteiger partial charge in [-0.15, -0.1) is 0 Å². The lowest BCUT2D eigenvalue weighted by molar-refractivity contribution is 0.577. The van der Waals surface area contributed by atoms with Gasteiger partial charge in [-0.3, -0.25) is 4.98 Å². The number of halogens is 2. The molecule has 3 aromatic rings. The molecule has 1 aromatic heterocycles. The van der Waals surface area contributed by atoms with Crippen LogP contribution >= 0.6 is 11.6 Å². The molecule has 1 heterocycles. The number of rotatable bonds is 3. The van der Waals surface area contributed by atoms with Crippen LogP contribution in [0.4, 0.5) is 4.39 Å². The van der Waals surface area contributed by atoms with Crippen molar-refractivity contribution in [2.45, 2.75) is 6.04 Å². The topological polar surface area (TPSA) is 24.9 Å². The van der Waals surface area contributed by atoms with Gasteiger partial charge >= 0.3 is 0 Å². The lowest BCUT2D eigenvalue weighted by Crippen LogP contribution is -2.19. The van der Waals surface area contributed by atoms with Gasteiger partial charge in [-0.25, -0.2) is 4.39 Å². The third-order valence-corrected chi connectivity index (χ3v) is 3.79. The van der Waals surface area contributed by atoms with E-state index in [4.69, 9.17) is 11.6 Å². The number of hydrogen-bond donors (Lipinski definition) is 1. The van der Waals surface area contributed by atoms with Gasteiger partial charge in [0.25, 0.3) is 0 Å². The van der Waals surface area contributed by atoms with Crippen LogP contribution in [0.2, 0.25) is 5.02 Å². The number of pyridine rings is 1. The fraction of sp³-hybridized carbons (Fsp3) is 0.118. The zero-order valence-corrected chi connectivity index (χ0v) is 12.2. The van der Waals surface area contributed by atoms with E-state index in [1.54, 1.807) is 18.3 Å². The molecule has 0 radical (unpaired) electrons. The number of fused-ring (bicyclic) bond motifs is 1. The molecule has 106 valence electrons. The summed E-state index contributed by atoms with van der Waals surface area (Å²) in [7, 11) is 1.81. The van der Waals surface area contributed by atoms with Gasteiger partial charge in [-0.2, -0.15) is 0 Å². The fourth-order valence-electron chi connectivity index (χ4n) is 2.59. The maximum Gasteiger partial charge on any atom is 0.129 e. The minimum absolute atomic E-state index is 0.254. The van der Waals surface area contributed by atoms with Crippen LogP contribution < -0.4 is 5.32 Å². The first-order chi connectivity index (χ1) is 10.2. The molecule has 4 heteroatoms. The van der Waals surface area contributed by atoms with Crippen LogP contribution in [0.25, 0.3) is 10.9 Å². The van der Waals surface area contributed by atoms with Crippen molar-refractivity contribution in [3.05, 3.63) is 76.7 Å². The second kappa shape index (κ2) is 5.80. The summed E-state index contributed by atoms with van der Waals surface area (Å²) in [6.07, 6.45) is 1.75. The zero-order chi connectivity index (χ0) is 14.8. The molecular weight excluding hydrogens is 287 g/mol. The zero-order valence-electron chi connectivity index (χ0n) is 11.5. The largest absolute Gasteiger partial charge is 0.309 e. The minimum atomic E-state index is -0.317. The van der Waals surface area contributed by atoms with Crippen molar-refractivity contribution in [3.8, 4) is 0 Å². The van der Waals surface area contributed by atoms with Crippen molar-refractivity contribution in [3.63, 3.8) is 0 Å². The number of nitrogens with zero attached hydrogens (tertiary/aromatic N) is 1. The van der Waals surface area contributed by atoms with Gasteiger partial charge in [0.05, 0.1) is 11.6 Å². The van der Waals surface area contributed by atoms with Crippen LogP contribution in [0.3, 0.4) is 0 Å². The predicted molar refractivity (Wildman–Crippen MR) is 84.1 cm³/mol. The van der Waals surface area contributed by atoms with E-state index in [-0.39, 0.29) is 11.9 Å². The SMILES string of the molecule is CNC(c1ccc(Cl)cc1F)c1cccc2ncccc12. The molecule has 0 spiro atoms. The number of benzene rings is 2. The first-order valence-corrected chi connectivity index (χ1v) is 7.04. The molecule has 1 atom stereocenters. The second-order valence-electron chi connectivity index (χ2n) is 4.80. The molecule has 0 bridgehead atoms. The van der Waals surface area contributed by atoms with Crippen molar-refractivity contribution in [1.29, 1.82) is 0 Å². The van der Waals surface area contributed by atoms with Crippen molar-refractivity contribution in [2.75, 3.05) is 7.05 Å². The van der Waals surface area contributed by atoms with Gasteiger partial charge in [0.2, 0.25) is 0 Å². The maximum atomic E-state index is 14.2. The molecule has 2 aromatic carbocycles. The van der Waals surface area contributed by atoms with E-state index >= 15 is 0 Å². The molecule has 2 nitrogen and oxygen atoms in total. The van der Waals surface area contributed by atoms with Gasteiger partial charge in [0.1, 0.15) is 5.82 Å². The number of aromatic nitrogens is 1. The Labute approximate surface area is 127 Å². The Morgan fingerprint density at radius 2 is 1.95 bits per heavy atom. The van der Waals surface area contributed by atoms with E-state index in [2.05, 4.69) is 10.3 Å². The van der Waals surface area contributed by atoms with Crippen LogP contribution in [0, 0.1) is 5.82 Å². The van der Waals surface area contributed by atoms with E-state index in [0.29, 0.717) is 10.6 Å². The molecule has 0 amide bonds. The maximum absolute atomic E-state index is 14.2. The van der Waals surface area contributed by atoms with Crippen molar-refractivity contribution in [1.82, 2.24) is 10.3 Å². The van der Waals surface area contributed by atoms with Gasteiger partial charge in [-0.1, -0.05) is 35.9 Å². The average molecular weight is 301 g/mol. The van der Waals surface area contributed by atoms with Crippen molar-refractivity contribution in [2.24, 2.45) is 0 Å². The van der Waals surface area contributed by atoms with Crippen molar-refractivity contribution >= 4 is 22.5 Å². The molecule has 0 aliphatic carbocycles. The molecule has 3 rings (SSSR count). The van der Waals surface area contributed by atoms with Crippen LogP contribution in [0.5, 0.6) is 0 Å². The summed E-state index contributed by atoms with van der Waals surface area (Å²) < 4.78 is 14.2. The molecule has 21 heavy (non-hydrogen) atoms. The van der Waals surface area contributed by atoms with Gasteiger partial charge in [-0.05, 0) is 36.9 Å². The average Bonchev–Trinajstić information content (AvgIpc) is 2.50. The Morgan fingerprint density at radius 1 is 1.10 bits per heavy atom. The van der Waals surface area contributed by atoms with Gasteiger partial charge in [0, 0.05) is 22.2 Å². The summed E-state index contributed by atoms with van der Waals surface area (Å²) in [4.78, 5) is 4.35. The highest BCUT2D eigenvalue weighted by Gasteiger charge is 2.18. The number of hydrogen-bond acceptors (Lipinski definition) is 2. The third kappa shape index (κ3) is 2.62. The van der Waals surface area contributed by atoms with E-state index in [1.165, 1.54) is 6.07 Å². The summed E-state index contributed by atoms with van der Waals surface area (Å²) >= 11 is 5.84. The molecule has 1 unspecified atom stereocenters. The Morgan fingerprint density at radius 3 is 2.71 bits per heavy atom. The highest BCUT2D eigenvalue weighted by molar-refractivity contribution is 6.30. The standard InChI is InChI=1S/C17H14ClFN2/c1-20-17(14-8-7-11(18)10-15(14)19)13-4-2-6-16-12(13)5-3-9-21-16/h2-10,17,20H,1H3. The van der Waals surface area contributed by atoms with E-state index in [0.717, 1.165) is 16.5 Å². The first-order valence-electron chi connectivity index (χ1n) is 6.66. The Bertz CT molecular complexity index is 783. The van der Waals surface area contributed by atoms with Gasteiger partial charge < -0.3 is 5.32 Å². The second-order valence-corrected chi connectivity index (χ2v) is 5.24. The summed E-state index contributed by atoms with van der Waals surface area (Å²) in [6, 6.07) is 14.3. The molecule has 0 aliphatic heterocycles. The lowest BCUT2D eigenvalue weighted by Gasteiger charge is -2.19. The predicted octanol–water partition coefficient (Wildman–Crippen LogP) is 4.34. The highest BCUT2D eigenvalue weighted by atomic mass is 35.5. The summed E-state index contributed by atoms with van der Waals surface area (Å²) in [6.45, 7) is 0. The number of nitrogens with one attached hydrogen (secondary N) is 1. The van der Waals surface area contributed by atoms with Gasteiger partial charge in [0.15, 0.2) is 0 Å². The Hall–Kier alpha value is -1.97. The normalized spacial score (nSPS) is 12.5. The third-order valence-electron chi connectivity index (χ3n) is 3.55. The van der Waals surface area contributed by atoms with Crippen LogP contribution in [0.15, 0.2) is 54.7 Å². The molecule has 1 N–H and O–H groups in total. The first kappa shape index (κ1) is 14.0. The summed E-state index contributed by atoms with van der Waals surface area (Å²) in [5, 5.41) is 4.58. The van der Waals surface area contributed by atoms with Crippen LogP contribution in [0.1, 0.15) is 17.2 Å².